The van der Waals surface area contributed by atoms with Gasteiger partial charge < -0.3 is 4.55 Å². The highest BCUT2D eigenvalue weighted by atomic mass is 79.9. The lowest BCUT2D eigenvalue weighted by molar-refractivity contribution is 0.659. The summed E-state index contributed by atoms with van der Waals surface area (Å²) in [6.45, 7) is 0. The molecule has 0 aromatic rings. The molecule has 0 saturated heterocycles. The summed E-state index contributed by atoms with van der Waals surface area (Å²) in [7, 11) is -1.59. The average Bonchev–Trinajstić information content (AvgIpc) is 1.84. The van der Waals surface area contributed by atoms with Gasteiger partial charge in [-0.25, -0.2) is 0 Å². The zero-order valence-corrected chi connectivity index (χ0v) is 5.95. The first-order valence-corrected chi connectivity index (χ1v) is 5.37. The van der Waals surface area contributed by atoms with E-state index in [1.54, 1.807) is 10.8 Å². The molecule has 0 amide bonds. The van der Waals surface area contributed by atoms with E-state index in [2.05, 4.69) is 14.8 Å². The lowest BCUT2D eigenvalue weighted by Crippen LogP contribution is -1.68. The third-order valence-corrected chi connectivity index (χ3v) is 3.02. The molecule has 1 aliphatic heterocycles. The molecule has 0 unspecified atom stereocenters. The molecule has 0 radical (unpaired) electrons. The van der Waals surface area contributed by atoms with Crippen LogP contribution in [0.5, 0.6) is 0 Å². The minimum absolute atomic E-state index is 1.59. The molecule has 1 aliphatic rings. The Kier molecular flexibility index (Phi) is 1.28. The topological polar surface area (TPSA) is 20.2 Å². The van der Waals surface area contributed by atoms with Crippen LogP contribution in [0.15, 0.2) is 23.0 Å². The second-order valence-electron chi connectivity index (χ2n) is 1.25. The maximum atomic E-state index is 9.02. The third kappa shape index (κ3) is 1.33. The van der Waals surface area contributed by atoms with Gasteiger partial charge in [0.15, 0.2) is 0 Å². The maximum Gasteiger partial charge on any atom is 0.00304 e. The Bertz CT molecular complexity index is 114. The van der Waals surface area contributed by atoms with Crippen molar-refractivity contribution in [2.24, 2.45) is 0 Å². The lowest BCUT2D eigenvalue weighted by Gasteiger charge is -2.11. The summed E-state index contributed by atoms with van der Waals surface area (Å²) in [5.41, 5.74) is 0. The molecule has 0 spiro atoms. The van der Waals surface area contributed by atoms with Gasteiger partial charge in [-0.05, 0) is 19.6 Å². The summed E-state index contributed by atoms with van der Waals surface area (Å²) in [6, 6.07) is 0. The Morgan fingerprint density at radius 3 is 1.86 bits per heavy atom. The van der Waals surface area contributed by atoms with E-state index in [1.807, 2.05) is 12.2 Å². The summed E-state index contributed by atoms with van der Waals surface area (Å²) in [6.07, 6.45) is 3.65. The Labute approximate surface area is 51.5 Å². The summed E-state index contributed by atoms with van der Waals surface area (Å²) >= 11 is 3.11. The second-order valence-corrected chi connectivity index (χ2v) is 6.10. The first-order valence-electron chi connectivity index (χ1n) is 1.81. The van der Waals surface area contributed by atoms with E-state index < -0.39 is 8.74 Å². The molecule has 0 saturated carbocycles. The molecule has 0 aromatic carbocycles. The van der Waals surface area contributed by atoms with Gasteiger partial charge in [-0.2, -0.15) is 0 Å². The van der Waals surface area contributed by atoms with Crippen LogP contribution in [0.3, 0.4) is 0 Å². The molecular weight excluding hydrogens is 176 g/mol. The van der Waals surface area contributed by atoms with Crippen molar-refractivity contribution in [3.63, 3.8) is 0 Å². The van der Waals surface area contributed by atoms with Crippen molar-refractivity contribution in [2.75, 3.05) is 0 Å². The predicted octanol–water partition coefficient (Wildman–Crippen LogP) is 2.61. The van der Waals surface area contributed by atoms with Crippen LogP contribution >= 0.6 is 23.6 Å². The van der Waals surface area contributed by atoms with E-state index in [1.165, 1.54) is 0 Å². The summed E-state index contributed by atoms with van der Waals surface area (Å²) in [5.74, 6) is 0. The van der Waals surface area contributed by atoms with E-state index in [-0.39, 0.29) is 0 Å². The minimum Gasteiger partial charge on any atom is -0.334 e. The summed E-state index contributed by atoms with van der Waals surface area (Å²) in [4.78, 5) is 0. The van der Waals surface area contributed by atoms with E-state index in [9.17, 15) is 0 Å². The zero-order chi connectivity index (χ0) is 5.33. The van der Waals surface area contributed by atoms with Gasteiger partial charge in [-0.15, -0.1) is 0 Å². The van der Waals surface area contributed by atoms with Crippen molar-refractivity contribution in [3.05, 3.63) is 23.0 Å². The van der Waals surface area contributed by atoms with Crippen LogP contribution in [0.25, 0.3) is 0 Å². The van der Waals surface area contributed by atoms with Crippen molar-refractivity contribution in [2.45, 2.75) is 0 Å². The van der Waals surface area contributed by atoms with Crippen molar-refractivity contribution in [1.29, 1.82) is 0 Å². The van der Waals surface area contributed by atoms with Gasteiger partial charge >= 0.3 is 0 Å². The molecule has 0 aliphatic carbocycles. The average molecular weight is 181 g/mol. The highest BCUT2D eigenvalue weighted by molar-refractivity contribution is 9.58. The highest BCUT2D eigenvalue weighted by Crippen LogP contribution is 2.56. The maximum absolute atomic E-state index is 9.02. The Hall–Kier alpha value is 0.270. The van der Waals surface area contributed by atoms with Gasteiger partial charge in [0.1, 0.15) is 0 Å². The molecule has 40 valence electrons. The van der Waals surface area contributed by atoms with Gasteiger partial charge in [-0.3, -0.25) is 0 Å². The fourth-order valence-corrected chi connectivity index (χ4v) is 1.82. The smallest absolute Gasteiger partial charge is 0.00304 e. The van der Waals surface area contributed by atoms with Crippen LogP contribution in [-0.2, 0) is 0 Å². The van der Waals surface area contributed by atoms with Crippen LogP contribution in [0.2, 0.25) is 0 Å². The molecule has 3 heteroatoms. The van der Waals surface area contributed by atoms with Crippen molar-refractivity contribution in [3.8, 4) is 0 Å². The molecule has 7 heavy (non-hydrogen) atoms. The van der Waals surface area contributed by atoms with Gasteiger partial charge in [0, 0.05) is 14.8 Å². The molecular formula is C4H5BrOS. The normalized spacial score (nSPS) is 28.3. The fourth-order valence-electron chi connectivity index (χ4n) is 0.356. The number of rotatable bonds is 0. The predicted molar refractivity (Wildman–Crippen MR) is 37.4 cm³/mol. The molecule has 1 N–H and O–H groups in total. The zero-order valence-electron chi connectivity index (χ0n) is 3.54. The van der Waals surface area contributed by atoms with E-state index in [0.717, 1.165) is 0 Å². The van der Waals surface area contributed by atoms with Crippen molar-refractivity contribution in [1.82, 2.24) is 0 Å². The van der Waals surface area contributed by atoms with Crippen LogP contribution in [-0.4, -0.2) is 4.55 Å². The Balaban J connectivity index is 2.77. The monoisotopic (exact) mass is 180 g/mol. The van der Waals surface area contributed by atoms with Gasteiger partial charge in [0.2, 0.25) is 0 Å². The summed E-state index contributed by atoms with van der Waals surface area (Å²) in [5, 5.41) is 3.49. The Morgan fingerprint density at radius 1 is 1.29 bits per heavy atom. The standard InChI is InChI=1S/C4H5BrOS/c5-7(6)3-1-2-4-7/h1-4,6H. The van der Waals surface area contributed by atoms with Crippen LogP contribution < -0.4 is 0 Å². The molecule has 1 rings (SSSR count). The number of hydrogen-bond donors (Lipinski definition) is 1. The SMILES string of the molecule is OS1(Br)C=CC=C1. The molecule has 0 bridgehead atoms. The number of allylic oxidation sites excluding steroid dienone is 2. The van der Waals surface area contributed by atoms with Crippen LogP contribution in [0.4, 0.5) is 0 Å². The number of halogens is 1. The lowest BCUT2D eigenvalue weighted by atomic mass is 10.6. The fraction of sp³-hybridized carbons (Fsp3) is 0. The summed E-state index contributed by atoms with van der Waals surface area (Å²) < 4.78 is 9.02. The number of hydrogen-bond acceptors (Lipinski definition) is 1. The molecule has 0 atom stereocenters. The van der Waals surface area contributed by atoms with E-state index >= 15 is 0 Å². The third-order valence-electron chi connectivity index (χ3n) is 0.650. The highest BCUT2D eigenvalue weighted by Gasteiger charge is 2.08. The van der Waals surface area contributed by atoms with E-state index in [0.29, 0.717) is 0 Å². The second kappa shape index (κ2) is 1.65. The largest absolute Gasteiger partial charge is 0.334 e. The molecule has 1 nitrogen and oxygen atoms in total. The molecule has 0 aromatic heterocycles. The van der Waals surface area contributed by atoms with Gasteiger partial charge in [-0.1, -0.05) is 12.2 Å². The molecule has 0 fully saturated rings. The molecule has 1 heterocycles. The van der Waals surface area contributed by atoms with Crippen LogP contribution in [0, 0.1) is 0 Å². The van der Waals surface area contributed by atoms with Crippen LogP contribution in [0.1, 0.15) is 0 Å². The quantitative estimate of drug-likeness (QED) is 0.608. The first kappa shape index (κ1) is 5.41. The van der Waals surface area contributed by atoms with Gasteiger partial charge in [0.25, 0.3) is 0 Å². The van der Waals surface area contributed by atoms with E-state index in [4.69, 9.17) is 4.55 Å². The Morgan fingerprint density at radius 2 is 1.71 bits per heavy atom. The van der Waals surface area contributed by atoms with Crippen molar-refractivity contribution >= 4 is 23.6 Å². The van der Waals surface area contributed by atoms with Crippen molar-refractivity contribution < 1.29 is 4.55 Å². The van der Waals surface area contributed by atoms with Gasteiger partial charge in [0.05, 0.1) is 0 Å². The first-order chi connectivity index (χ1) is 3.21. The minimum atomic E-state index is -1.59.